The molecule has 5 N–H and O–H groups in total. The van der Waals surface area contributed by atoms with Crippen molar-refractivity contribution in [3.8, 4) is 0 Å². The molecule has 4 heterocycles. The van der Waals surface area contributed by atoms with Gasteiger partial charge in [-0.3, -0.25) is 14.7 Å². The van der Waals surface area contributed by atoms with Crippen molar-refractivity contribution in [2.24, 2.45) is 5.73 Å². The van der Waals surface area contributed by atoms with Gasteiger partial charge in [-0.1, -0.05) is 13.8 Å². The van der Waals surface area contributed by atoms with Gasteiger partial charge in [-0.25, -0.2) is 22.0 Å². The second-order valence-electron chi connectivity index (χ2n) is 13.0. The Morgan fingerprint density at radius 2 is 1.69 bits per heavy atom. The molecule has 2 amide bonds. The number of aromatic nitrogens is 2. The number of primary amides is 1. The second-order valence-corrected chi connectivity index (χ2v) is 15.0. The van der Waals surface area contributed by atoms with Crippen molar-refractivity contribution in [3.05, 3.63) is 64.4 Å². The first kappa shape index (κ1) is 34.3. The molecule has 0 spiro atoms. The highest BCUT2D eigenvalue weighted by atomic mass is 32.2. The molecule has 2 aromatic carbocycles. The third-order valence-corrected chi connectivity index (χ3v) is 11.0. The molecular weight excluding hydrogens is 664 g/mol. The summed E-state index contributed by atoms with van der Waals surface area (Å²) in [5.41, 5.74) is 6.56. The highest BCUT2D eigenvalue weighted by Gasteiger charge is 2.41. The number of carbonyl (C=O) groups is 3. The zero-order chi connectivity index (χ0) is 35.2. The molecule has 49 heavy (non-hydrogen) atoms. The summed E-state index contributed by atoms with van der Waals surface area (Å²) in [6, 6.07) is 4.16. The van der Waals surface area contributed by atoms with E-state index in [4.69, 9.17) is 10.5 Å². The van der Waals surface area contributed by atoms with Gasteiger partial charge in [0.15, 0.2) is 5.82 Å². The van der Waals surface area contributed by atoms with Crippen molar-refractivity contribution in [2.75, 3.05) is 54.5 Å². The highest BCUT2D eigenvalue weighted by Crippen LogP contribution is 2.40. The number of carbonyl (C=O) groups excluding carboxylic acids is 2. The van der Waals surface area contributed by atoms with Crippen LogP contribution in [0.3, 0.4) is 0 Å². The molecule has 3 aliphatic rings. The van der Waals surface area contributed by atoms with Gasteiger partial charge in [-0.05, 0) is 43.5 Å². The number of amides is 2. The van der Waals surface area contributed by atoms with Gasteiger partial charge in [0, 0.05) is 55.5 Å². The summed E-state index contributed by atoms with van der Waals surface area (Å²) >= 11 is 0. The number of halogens is 2. The van der Waals surface area contributed by atoms with Crippen LogP contribution in [0.2, 0.25) is 0 Å². The van der Waals surface area contributed by atoms with Crippen molar-refractivity contribution < 1.29 is 41.4 Å². The van der Waals surface area contributed by atoms with Crippen molar-refractivity contribution in [1.82, 2.24) is 14.5 Å². The molecule has 6 rings (SSSR count). The fourth-order valence-corrected chi connectivity index (χ4v) is 8.45. The second kappa shape index (κ2) is 13.0. The maximum Gasteiger partial charge on any atom is 0.326 e. The first-order chi connectivity index (χ1) is 23.2. The van der Waals surface area contributed by atoms with E-state index in [9.17, 15) is 36.7 Å². The topological polar surface area (TPSA) is 191 Å². The molecule has 1 unspecified atom stereocenters. The van der Waals surface area contributed by atoms with Crippen LogP contribution in [0.4, 0.5) is 26.0 Å². The summed E-state index contributed by atoms with van der Waals surface area (Å²) < 4.78 is 61.7. The van der Waals surface area contributed by atoms with Crippen molar-refractivity contribution in [1.29, 1.82) is 0 Å². The number of ether oxygens (including phenoxy) is 1. The molecule has 0 bridgehead atoms. The molecule has 0 aliphatic carbocycles. The number of hydrogen-bond donors (Lipinski definition) is 4. The van der Waals surface area contributed by atoms with Gasteiger partial charge in [0.25, 0.3) is 5.91 Å². The molecule has 3 aromatic rings. The zero-order valence-corrected chi connectivity index (χ0v) is 27.8. The fourth-order valence-electron chi connectivity index (χ4n) is 6.84. The van der Waals surface area contributed by atoms with Crippen LogP contribution in [-0.2, 0) is 31.5 Å². The zero-order valence-electron chi connectivity index (χ0n) is 27.0. The lowest BCUT2D eigenvalue weighted by Gasteiger charge is -2.39. The van der Waals surface area contributed by atoms with E-state index >= 15 is 0 Å². The summed E-state index contributed by atoms with van der Waals surface area (Å²) in [5, 5.41) is 19.9. The van der Waals surface area contributed by atoms with Crippen LogP contribution < -0.4 is 20.9 Å². The molecule has 0 radical (unpaired) electrons. The number of carboxylic acids is 1. The van der Waals surface area contributed by atoms with E-state index in [0.717, 1.165) is 22.9 Å². The third-order valence-electron chi connectivity index (χ3n) is 9.23. The lowest BCUT2D eigenvalue weighted by atomic mass is 9.84. The number of nitrogens with two attached hydrogens (primary N) is 1. The van der Waals surface area contributed by atoms with Crippen molar-refractivity contribution in [3.63, 3.8) is 0 Å². The van der Waals surface area contributed by atoms with Gasteiger partial charge >= 0.3 is 5.97 Å². The number of aromatic amines is 1. The number of piperidine rings is 1. The fraction of sp³-hybridized carbons (Fsp3) is 0.438. The average molecular weight is 702 g/mol. The molecule has 1 aromatic heterocycles. The molecule has 0 saturated carbocycles. The van der Waals surface area contributed by atoms with E-state index < -0.39 is 55.8 Å². The molecule has 14 nitrogen and oxygen atoms in total. The van der Waals surface area contributed by atoms with Gasteiger partial charge in [-0.2, -0.15) is 9.40 Å². The van der Waals surface area contributed by atoms with Crippen molar-refractivity contribution >= 4 is 45.0 Å². The van der Waals surface area contributed by atoms with Gasteiger partial charge < -0.3 is 30.7 Å². The Bertz CT molecular complexity index is 1910. The van der Waals surface area contributed by atoms with Crippen LogP contribution >= 0.6 is 0 Å². The van der Waals surface area contributed by atoms with Gasteiger partial charge in [0.1, 0.15) is 17.7 Å². The largest absolute Gasteiger partial charge is 0.480 e. The van der Waals surface area contributed by atoms with Crippen LogP contribution in [-0.4, -0.2) is 91.2 Å². The lowest BCUT2D eigenvalue weighted by molar-refractivity contribution is -0.139. The summed E-state index contributed by atoms with van der Waals surface area (Å²) in [6.45, 7) is 5.34. The minimum absolute atomic E-state index is 0.0194. The van der Waals surface area contributed by atoms with Crippen LogP contribution in [0.15, 0.2) is 35.2 Å². The van der Waals surface area contributed by atoms with E-state index in [1.165, 1.54) is 12.1 Å². The quantitative estimate of drug-likeness (QED) is 0.272. The number of morpholine rings is 1. The third kappa shape index (κ3) is 6.57. The number of rotatable bonds is 8. The number of hydrogen-bond acceptors (Lipinski definition) is 9. The van der Waals surface area contributed by atoms with E-state index in [-0.39, 0.29) is 30.0 Å². The van der Waals surface area contributed by atoms with E-state index in [1.54, 1.807) is 18.7 Å². The molecule has 17 heteroatoms. The molecule has 262 valence electrons. The monoisotopic (exact) mass is 701 g/mol. The Kier molecular flexibility index (Phi) is 9.10. The summed E-state index contributed by atoms with van der Waals surface area (Å²) in [5.74, 6) is -4.79. The molecule has 3 aliphatic heterocycles. The first-order valence-electron chi connectivity index (χ1n) is 15.8. The number of benzene rings is 2. The SMILES string of the molecule is CC1(C)CN(S(=O)(=O)c2cc(F)cc(F)c2)Cc2c(NC(=O)c3cc(N4CCCCC4C(=O)O)c(N4CCOCC4)cc3C(N)=O)n[nH]c21. The van der Waals surface area contributed by atoms with Gasteiger partial charge in [0.2, 0.25) is 15.9 Å². The minimum Gasteiger partial charge on any atom is -0.480 e. The summed E-state index contributed by atoms with van der Waals surface area (Å²) in [6.07, 6.45) is 1.84. The van der Waals surface area contributed by atoms with E-state index in [1.807, 2.05) is 4.90 Å². The number of fused-ring (bicyclic) bond motifs is 1. The van der Waals surface area contributed by atoms with Crippen LogP contribution in [0, 0.1) is 11.6 Å². The number of H-pyrrole nitrogens is 1. The Morgan fingerprint density at radius 1 is 1.02 bits per heavy atom. The number of carboxylic acid groups (broad SMARTS) is 1. The normalized spacial score (nSPS) is 19.7. The highest BCUT2D eigenvalue weighted by molar-refractivity contribution is 7.89. The average Bonchev–Trinajstić information content (AvgIpc) is 3.47. The number of aliphatic carboxylic acids is 1. The molecular formula is C32H37F2N7O7S. The predicted octanol–water partition coefficient (Wildman–Crippen LogP) is 2.80. The lowest BCUT2D eigenvalue weighted by Crippen LogP contribution is -2.46. The Morgan fingerprint density at radius 3 is 2.35 bits per heavy atom. The smallest absolute Gasteiger partial charge is 0.326 e. The number of nitrogens with zero attached hydrogens (tertiary/aromatic N) is 4. The number of sulfonamides is 1. The van der Waals surface area contributed by atoms with Gasteiger partial charge in [-0.15, -0.1) is 0 Å². The Labute approximate surface area is 281 Å². The number of nitrogens with one attached hydrogen (secondary N) is 2. The van der Waals surface area contributed by atoms with Gasteiger partial charge in [0.05, 0.1) is 40.6 Å². The Hall–Kier alpha value is -4.61. The van der Waals surface area contributed by atoms with Crippen LogP contribution in [0.1, 0.15) is 65.1 Å². The van der Waals surface area contributed by atoms with Crippen LogP contribution in [0.5, 0.6) is 0 Å². The van der Waals surface area contributed by atoms with Crippen LogP contribution in [0.25, 0.3) is 0 Å². The molecule has 2 saturated heterocycles. The molecule has 2 fully saturated rings. The maximum atomic E-state index is 14.0. The Balaban J connectivity index is 1.39. The summed E-state index contributed by atoms with van der Waals surface area (Å²) in [4.78, 5) is 42.3. The summed E-state index contributed by atoms with van der Waals surface area (Å²) in [7, 11) is -4.39. The standard InChI is InChI=1S/C32H37F2N7O7S/c1-32(2)17-40(49(46,47)20-12-18(33)11-19(34)13-20)16-23-27(32)37-38-29(23)36-30(43)22-15-26(41-6-4-3-5-24(41)31(44)45)25(14-21(22)28(35)42)39-7-9-48-10-8-39/h11-15,24H,3-10,16-17H2,1-2H3,(H2,35,42)(H,44,45)(H2,36,37,38,43). The van der Waals surface area contributed by atoms with E-state index in [2.05, 4.69) is 15.5 Å². The first-order valence-corrected chi connectivity index (χ1v) is 17.3. The van der Waals surface area contributed by atoms with Crippen molar-refractivity contribution in [2.45, 2.75) is 56.0 Å². The minimum atomic E-state index is -4.39. The molecule has 1 atom stereocenters. The predicted molar refractivity (Wildman–Crippen MR) is 174 cm³/mol. The maximum absolute atomic E-state index is 14.0. The van der Waals surface area contributed by atoms with E-state index in [0.29, 0.717) is 74.4 Å². The number of anilines is 3.